The van der Waals surface area contributed by atoms with Gasteiger partial charge in [-0.3, -0.25) is 0 Å². The molecule has 0 spiro atoms. The lowest BCUT2D eigenvalue weighted by atomic mass is 10.0. The standard InChI is InChI=1S/C24H21BF9N3O6/c1-22(2,38)16-10(29)7(26)13(19(32)35-16)41-25(42-14-8(27)11(30)17(23(3,4)39)36-20(14)33)43-15-9(28)12(31)18(24(5,6)40)37-21(15)34/h38-40H,1-6H3. The van der Waals surface area contributed by atoms with Crippen LogP contribution in [0.25, 0.3) is 0 Å². The van der Waals surface area contributed by atoms with Crippen LogP contribution in [0.2, 0.25) is 0 Å². The predicted molar refractivity (Wildman–Crippen MR) is 126 cm³/mol. The van der Waals surface area contributed by atoms with Crippen LogP contribution in [0.15, 0.2) is 0 Å². The van der Waals surface area contributed by atoms with Gasteiger partial charge in [-0.05, 0) is 41.5 Å². The highest BCUT2D eigenvalue weighted by Gasteiger charge is 2.42. The monoisotopic (exact) mass is 629 g/mol. The topological polar surface area (TPSA) is 127 Å². The number of halogens is 9. The summed E-state index contributed by atoms with van der Waals surface area (Å²) in [4.78, 5) is 8.95. The van der Waals surface area contributed by atoms with Crippen molar-refractivity contribution in [2.24, 2.45) is 0 Å². The Morgan fingerprint density at radius 1 is 0.442 bits per heavy atom. The van der Waals surface area contributed by atoms with Gasteiger partial charge in [-0.1, -0.05) is 0 Å². The first kappa shape index (κ1) is 33.7. The molecule has 0 radical (unpaired) electrons. The number of aliphatic hydroxyl groups is 3. The molecule has 0 fully saturated rings. The Labute approximate surface area is 237 Å². The van der Waals surface area contributed by atoms with Crippen LogP contribution in [0.4, 0.5) is 39.5 Å². The molecule has 0 bridgehead atoms. The summed E-state index contributed by atoms with van der Waals surface area (Å²) in [6.45, 7) is 5.34. The van der Waals surface area contributed by atoms with E-state index in [9.17, 15) is 54.8 Å². The van der Waals surface area contributed by atoms with Gasteiger partial charge >= 0.3 is 7.32 Å². The molecule has 0 saturated carbocycles. The number of hydrogen-bond acceptors (Lipinski definition) is 9. The van der Waals surface area contributed by atoms with Crippen LogP contribution in [0, 0.1) is 52.7 Å². The fourth-order valence-electron chi connectivity index (χ4n) is 3.35. The zero-order valence-electron chi connectivity index (χ0n) is 22.9. The zero-order chi connectivity index (χ0) is 33.0. The summed E-state index contributed by atoms with van der Waals surface area (Å²) in [5.74, 6) is -24.9. The molecule has 0 amide bonds. The molecule has 3 aromatic rings. The minimum absolute atomic E-state index is 0.891. The van der Waals surface area contributed by atoms with Crippen molar-refractivity contribution in [2.75, 3.05) is 0 Å². The van der Waals surface area contributed by atoms with E-state index in [4.69, 9.17) is 0 Å². The highest BCUT2D eigenvalue weighted by molar-refractivity contribution is 6.39. The summed E-state index contributed by atoms with van der Waals surface area (Å²) in [6.07, 6.45) is 0. The molecule has 3 N–H and O–H groups in total. The summed E-state index contributed by atoms with van der Waals surface area (Å²) >= 11 is 0. The van der Waals surface area contributed by atoms with Gasteiger partial charge in [0.2, 0.25) is 34.7 Å². The first-order chi connectivity index (χ1) is 19.5. The summed E-state index contributed by atoms with van der Waals surface area (Å²) in [5.41, 5.74) is -10.4. The second-order valence-corrected chi connectivity index (χ2v) is 10.4. The summed E-state index contributed by atoms with van der Waals surface area (Å²) in [7, 11) is -3.23. The van der Waals surface area contributed by atoms with E-state index in [-0.39, 0.29) is 0 Å². The maximum atomic E-state index is 14.8. The van der Waals surface area contributed by atoms with Crippen molar-refractivity contribution in [3.63, 3.8) is 0 Å². The lowest BCUT2D eigenvalue weighted by molar-refractivity contribution is 0.0666. The quantitative estimate of drug-likeness (QED) is 0.180. The molecule has 0 saturated heterocycles. The molecule has 234 valence electrons. The Morgan fingerprint density at radius 2 is 0.651 bits per heavy atom. The van der Waals surface area contributed by atoms with Crippen LogP contribution >= 0.6 is 0 Å². The van der Waals surface area contributed by atoms with Crippen LogP contribution in [-0.2, 0) is 16.8 Å². The Kier molecular flexibility index (Phi) is 8.88. The van der Waals surface area contributed by atoms with Gasteiger partial charge in [-0.25, -0.2) is 28.1 Å². The highest BCUT2D eigenvalue weighted by Crippen LogP contribution is 2.35. The van der Waals surface area contributed by atoms with Crippen molar-refractivity contribution < 1.29 is 68.8 Å². The second-order valence-electron chi connectivity index (χ2n) is 10.4. The molecule has 0 aliphatic heterocycles. The van der Waals surface area contributed by atoms with Gasteiger partial charge in [-0.15, -0.1) is 0 Å². The average molecular weight is 629 g/mol. The van der Waals surface area contributed by atoms with E-state index in [0.717, 1.165) is 41.5 Å². The van der Waals surface area contributed by atoms with Crippen molar-refractivity contribution in [3.05, 3.63) is 69.8 Å². The number of aromatic nitrogens is 3. The molecule has 0 aromatic carbocycles. The maximum absolute atomic E-state index is 14.8. The second kappa shape index (κ2) is 11.3. The van der Waals surface area contributed by atoms with Crippen LogP contribution in [0.1, 0.15) is 58.6 Å². The van der Waals surface area contributed by atoms with Crippen LogP contribution in [0.3, 0.4) is 0 Å². The Balaban J connectivity index is 2.21. The van der Waals surface area contributed by atoms with E-state index in [0.29, 0.717) is 0 Å². The van der Waals surface area contributed by atoms with Crippen molar-refractivity contribution in [1.29, 1.82) is 0 Å². The molecule has 0 unspecified atom stereocenters. The number of rotatable bonds is 9. The number of hydrogen-bond donors (Lipinski definition) is 3. The van der Waals surface area contributed by atoms with Gasteiger partial charge < -0.3 is 29.3 Å². The van der Waals surface area contributed by atoms with E-state index in [1.807, 2.05) is 0 Å². The van der Waals surface area contributed by atoms with E-state index < -0.39 is 111 Å². The molecule has 0 aliphatic rings. The molecule has 43 heavy (non-hydrogen) atoms. The first-order valence-electron chi connectivity index (χ1n) is 11.8. The minimum atomic E-state index is -3.23. The van der Waals surface area contributed by atoms with Crippen molar-refractivity contribution in [1.82, 2.24) is 15.0 Å². The fourth-order valence-corrected chi connectivity index (χ4v) is 3.35. The van der Waals surface area contributed by atoms with Crippen molar-refractivity contribution in [3.8, 4) is 17.2 Å². The molecule has 3 heterocycles. The van der Waals surface area contributed by atoms with E-state index in [1.54, 1.807) is 0 Å². The molecule has 9 nitrogen and oxygen atoms in total. The predicted octanol–water partition coefficient (Wildman–Crippen LogP) is 4.33. The highest BCUT2D eigenvalue weighted by atomic mass is 19.2. The third-order valence-corrected chi connectivity index (χ3v) is 5.37. The van der Waals surface area contributed by atoms with Gasteiger partial charge in [0.15, 0.2) is 17.5 Å². The van der Waals surface area contributed by atoms with E-state index in [2.05, 4.69) is 28.9 Å². The first-order valence-corrected chi connectivity index (χ1v) is 11.8. The van der Waals surface area contributed by atoms with Crippen LogP contribution < -0.4 is 14.0 Å². The van der Waals surface area contributed by atoms with Crippen LogP contribution in [-0.4, -0.2) is 37.6 Å². The van der Waals surface area contributed by atoms with Crippen LogP contribution in [0.5, 0.6) is 17.2 Å². The number of nitrogens with zero attached hydrogens (tertiary/aromatic N) is 3. The summed E-state index contributed by atoms with van der Waals surface area (Å²) in [5, 5.41) is 29.7. The molecule has 0 atom stereocenters. The number of pyridine rings is 3. The largest absolute Gasteiger partial charge is 0.864 e. The molecule has 19 heteroatoms. The SMILES string of the molecule is CC(C)(O)c1nc(F)c(OB(Oc2c(F)nc(C(C)(C)O)c(F)c2F)Oc2c(F)nc(C(C)(C)O)c(F)c2F)c(F)c1F. The Hall–Kier alpha value is -3.84. The normalized spacial score (nSPS) is 12.4. The van der Waals surface area contributed by atoms with Gasteiger partial charge in [0.25, 0.3) is 17.8 Å². The third-order valence-electron chi connectivity index (χ3n) is 5.37. The lowest BCUT2D eigenvalue weighted by Crippen LogP contribution is -2.40. The maximum Gasteiger partial charge on any atom is 0.864 e. The van der Waals surface area contributed by atoms with E-state index >= 15 is 0 Å². The van der Waals surface area contributed by atoms with Crippen molar-refractivity contribution >= 4 is 7.32 Å². The smallest absolute Gasteiger partial charge is 0.483 e. The van der Waals surface area contributed by atoms with Crippen molar-refractivity contribution in [2.45, 2.75) is 58.3 Å². The Bertz CT molecular complexity index is 1390. The average Bonchev–Trinajstić information content (AvgIpc) is 2.86. The van der Waals surface area contributed by atoms with Gasteiger partial charge in [-0.2, -0.15) is 26.3 Å². The summed E-state index contributed by atoms with van der Waals surface area (Å²) in [6, 6.07) is 0. The van der Waals surface area contributed by atoms with Gasteiger partial charge in [0.05, 0.1) is 0 Å². The van der Waals surface area contributed by atoms with E-state index in [1.165, 1.54) is 0 Å². The zero-order valence-corrected chi connectivity index (χ0v) is 22.9. The Morgan fingerprint density at radius 3 is 0.837 bits per heavy atom. The molecule has 0 aliphatic carbocycles. The molecular weight excluding hydrogens is 608 g/mol. The third kappa shape index (κ3) is 6.72. The van der Waals surface area contributed by atoms with Gasteiger partial charge in [0, 0.05) is 0 Å². The molecule has 3 rings (SSSR count). The lowest BCUT2D eigenvalue weighted by Gasteiger charge is -2.22. The summed E-state index contributed by atoms with van der Waals surface area (Å²) < 4.78 is 146. The molecular formula is C24H21BF9N3O6. The van der Waals surface area contributed by atoms with Gasteiger partial charge in [0.1, 0.15) is 33.9 Å². The minimum Gasteiger partial charge on any atom is -0.483 e. The molecule has 3 aromatic heterocycles. The fraction of sp³-hybridized carbons (Fsp3) is 0.375.